The van der Waals surface area contributed by atoms with E-state index >= 15 is 0 Å². The van der Waals surface area contributed by atoms with Gasteiger partial charge in [0, 0.05) is 32.1 Å². The van der Waals surface area contributed by atoms with Crippen molar-refractivity contribution in [3.63, 3.8) is 0 Å². The molecule has 1 amide bonds. The Kier molecular flexibility index (Phi) is 9.53. The number of carbonyl (C=O) groups excluding carboxylic acids is 1. The monoisotopic (exact) mass is 583 g/mol. The van der Waals surface area contributed by atoms with Crippen molar-refractivity contribution in [3.05, 3.63) is 42.5 Å². The van der Waals surface area contributed by atoms with Crippen LogP contribution in [0.2, 0.25) is 0 Å². The Balaban J connectivity index is 1.19. The molecule has 2 aromatic carbocycles. The molecule has 39 heavy (non-hydrogen) atoms. The van der Waals surface area contributed by atoms with Crippen molar-refractivity contribution in [3.8, 4) is 17.2 Å². The molecule has 2 aliphatic heterocycles. The number of nitrogens with one attached hydrogen (secondary N) is 1. The molecule has 214 valence electrons. The van der Waals surface area contributed by atoms with Crippen LogP contribution in [0.5, 0.6) is 17.2 Å². The molecule has 1 fully saturated rings. The standard InChI is InChI=1S/C25H33N3O9S2/c1-38(30,31)28(20-4-9-23-24(19-20)37-18-17-36-23)11-2-3-25(29)26-10-14-35-21-5-7-22(8-6-21)39(32,33)27-12-15-34-16-13-27/h4-9,19H,2-3,10-18H2,1H3,(H,26,29). The van der Waals surface area contributed by atoms with Gasteiger partial charge < -0.3 is 24.3 Å². The fourth-order valence-corrected chi connectivity index (χ4v) is 6.51. The highest BCUT2D eigenvalue weighted by Gasteiger charge is 2.26. The molecule has 12 nitrogen and oxygen atoms in total. The highest BCUT2D eigenvalue weighted by Crippen LogP contribution is 2.34. The maximum Gasteiger partial charge on any atom is 0.243 e. The van der Waals surface area contributed by atoms with Gasteiger partial charge in [-0.15, -0.1) is 0 Å². The average molecular weight is 584 g/mol. The minimum Gasteiger partial charge on any atom is -0.492 e. The lowest BCUT2D eigenvalue weighted by molar-refractivity contribution is -0.121. The largest absolute Gasteiger partial charge is 0.492 e. The van der Waals surface area contributed by atoms with Crippen LogP contribution in [0.15, 0.2) is 47.4 Å². The quantitative estimate of drug-likeness (QED) is 0.365. The Morgan fingerprint density at radius 1 is 0.974 bits per heavy atom. The summed E-state index contributed by atoms with van der Waals surface area (Å²) in [6.45, 7) is 2.79. The summed E-state index contributed by atoms with van der Waals surface area (Å²) in [6, 6.07) is 11.1. The normalized spacial score (nSPS) is 15.9. The number of hydrogen-bond acceptors (Lipinski definition) is 9. The summed E-state index contributed by atoms with van der Waals surface area (Å²) in [7, 11) is -7.15. The van der Waals surface area contributed by atoms with E-state index in [0.29, 0.717) is 68.9 Å². The first-order valence-electron chi connectivity index (χ1n) is 12.6. The van der Waals surface area contributed by atoms with E-state index in [9.17, 15) is 21.6 Å². The number of amides is 1. The highest BCUT2D eigenvalue weighted by atomic mass is 32.2. The van der Waals surface area contributed by atoms with Crippen molar-refractivity contribution >= 4 is 31.6 Å². The first-order valence-corrected chi connectivity index (χ1v) is 15.9. The number of nitrogens with zero attached hydrogens (tertiary/aromatic N) is 2. The number of anilines is 1. The maximum atomic E-state index is 12.7. The second-order valence-electron chi connectivity index (χ2n) is 8.95. The molecule has 0 spiro atoms. The zero-order valence-corrected chi connectivity index (χ0v) is 23.3. The van der Waals surface area contributed by atoms with Gasteiger partial charge in [-0.2, -0.15) is 4.31 Å². The predicted molar refractivity (Wildman–Crippen MR) is 143 cm³/mol. The van der Waals surface area contributed by atoms with Crippen molar-refractivity contribution < 1.29 is 40.6 Å². The molecule has 0 saturated carbocycles. The molecule has 1 N–H and O–H groups in total. The molecular formula is C25H33N3O9S2. The van der Waals surface area contributed by atoms with Crippen molar-refractivity contribution in [1.29, 1.82) is 0 Å². The molecule has 14 heteroatoms. The molecule has 0 bridgehead atoms. The van der Waals surface area contributed by atoms with Crippen LogP contribution in [0.4, 0.5) is 5.69 Å². The number of ether oxygens (including phenoxy) is 4. The summed E-state index contributed by atoms with van der Waals surface area (Å²) in [5.74, 6) is 1.29. The van der Waals surface area contributed by atoms with Crippen LogP contribution in [0.3, 0.4) is 0 Å². The third-order valence-electron chi connectivity index (χ3n) is 6.10. The van der Waals surface area contributed by atoms with Gasteiger partial charge in [0.2, 0.25) is 26.0 Å². The summed E-state index contributed by atoms with van der Waals surface area (Å²) < 4.78 is 74.6. The van der Waals surface area contributed by atoms with Crippen LogP contribution in [0, 0.1) is 0 Å². The van der Waals surface area contributed by atoms with Gasteiger partial charge >= 0.3 is 0 Å². The topological polar surface area (TPSA) is 141 Å². The van der Waals surface area contributed by atoms with Gasteiger partial charge in [0.05, 0.1) is 36.6 Å². The number of hydrogen-bond donors (Lipinski definition) is 1. The van der Waals surface area contributed by atoms with Crippen LogP contribution in [0.1, 0.15) is 12.8 Å². The van der Waals surface area contributed by atoms with Crippen molar-refractivity contribution in [2.24, 2.45) is 0 Å². The molecular weight excluding hydrogens is 550 g/mol. The van der Waals surface area contributed by atoms with Gasteiger partial charge in [0.15, 0.2) is 11.5 Å². The fourth-order valence-electron chi connectivity index (χ4n) is 4.15. The molecule has 0 aliphatic carbocycles. The van der Waals surface area contributed by atoms with E-state index in [1.165, 1.54) is 20.7 Å². The summed E-state index contributed by atoms with van der Waals surface area (Å²) in [6.07, 6.45) is 1.56. The zero-order valence-electron chi connectivity index (χ0n) is 21.7. The Morgan fingerprint density at radius 3 is 2.36 bits per heavy atom. The molecule has 0 aromatic heterocycles. The van der Waals surface area contributed by atoms with Crippen LogP contribution in [-0.2, 0) is 29.6 Å². The summed E-state index contributed by atoms with van der Waals surface area (Å²) >= 11 is 0. The lowest BCUT2D eigenvalue weighted by atomic mass is 10.2. The molecule has 2 aliphatic rings. The number of carbonyl (C=O) groups is 1. The average Bonchev–Trinajstić information content (AvgIpc) is 2.93. The number of benzene rings is 2. The van der Waals surface area contributed by atoms with Gasteiger partial charge in [-0.3, -0.25) is 9.10 Å². The number of fused-ring (bicyclic) bond motifs is 1. The molecule has 4 rings (SSSR count). The number of sulfonamides is 2. The van der Waals surface area contributed by atoms with E-state index in [-0.39, 0.29) is 36.9 Å². The van der Waals surface area contributed by atoms with E-state index in [2.05, 4.69) is 5.32 Å². The second kappa shape index (κ2) is 12.9. The third kappa shape index (κ3) is 7.75. The SMILES string of the molecule is CS(=O)(=O)N(CCCC(=O)NCCOc1ccc(S(=O)(=O)N2CCOCC2)cc1)c1ccc2c(c1)OCCO2. The van der Waals surface area contributed by atoms with E-state index in [0.717, 1.165) is 6.26 Å². The lowest BCUT2D eigenvalue weighted by Crippen LogP contribution is -2.40. The van der Waals surface area contributed by atoms with Gasteiger partial charge in [-0.05, 0) is 42.8 Å². The van der Waals surface area contributed by atoms with E-state index in [1.54, 1.807) is 30.3 Å². The number of morpholine rings is 1. The predicted octanol–water partition coefficient (Wildman–Crippen LogP) is 1.22. The molecule has 0 radical (unpaired) electrons. The summed E-state index contributed by atoms with van der Waals surface area (Å²) in [5, 5.41) is 2.74. The molecule has 2 heterocycles. The van der Waals surface area contributed by atoms with E-state index in [1.807, 2.05) is 0 Å². The summed E-state index contributed by atoms with van der Waals surface area (Å²) in [5.41, 5.74) is 0.444. The van der Waals surface area contributed by atoms with Gasteiger partial charge in [0.1, 0.15) is 25.6 Å². The second-order valence-corrected chi connectivity index (χ2v) is 12.8. The first-order chi connectivity index (χ1) is 18.6. The number of rotatable bonds is 12. The van der Waals surface area contributed by atoms with E-state index in [4.69, 9.17) is 18.9 Å². The lowest BCUT2D eigenvalue weighted by Gasteiger charge is -2.26. The molecule has 0 atom stereocenters. The minimum atomic E-state index is -3.57. The van der Waals surface area contributed by atoms with E-state index < -0.39 is 20.0 Å². The Bertz CT molecular complexity index is 1340. The van der Waals surface area contributed by atoms with Crippen molar-refractivity contribution in [1.82, 2.24) is 9.62 Å². The minimum absolute atomic E-state index is 0.127. The van der Waals surface area contributed by atoms with Crippen LogP contribution in [-0.4, -0.2) is 92.5 Å². The smallest absolute Gasteiger partial charge is 0.243 e. The van der Waals surface area contributed by atoms with Gasteiger partial charge in [0.25, 0.3) is 0 Å². The van der Waals surface area contributed by atoms with Crippen molar-refractivity contribution in [2.75, 3.05) is 69.8 Å². The highest BCUT2D eigenvalue weighted by molar-refractivity contribution is 7.92. The Hall–Kier alpha value is -3.07. The van der Waals surface area contributed by atoms with Gasteiger partial charge in [-0.1, -0.05) is 0 Å². The Morgan fingerprint density at radius 2 is 1.67 bits per heavy atom. The fraction of sp³-hybridized carbons (Fsp3) is 0.480. The molecule has 1 saturated heterocycles. The maximum absolute atomic E-state index is 12.7. The van der Waals surface area contributed by atoms with Gasteiger partial charge in [-0.25, -0.2) is 16.8 Å². The first kappa shape index (κ1) is 28.9. The molecule has 0 unspecified atom stereocenters. The van der Waals surface area contributed by atoms with Crippen LogP contribution in [0.25, 0.3) is 0 Å². The van der Waals surface area contributed by atoms with Crippen LogP contribution < -0.4 is 23.8 Å². The summed E-state index contributed by atoms with van der Waals surface area (Å²) in [4.78, 5) is 12.5. The third-order valence-corrected chi connectivity index (χ3v) is 9.21. The van der Waals surface area contributed by atoms with Crippen molar-refractivity contribution in [2.45, 2.75) is 17.7 Å². The van der Waals surface area contributed by atoms with Crippen LogP contribution >= 0.6 is 0 Å². The zero-order chi connectivity index (χ0) is 27.9. The Labute approximate surface area is 228 Å². The molecule has 2 aromatic rings.